The number of benzene rings is 1. The van der Waals surface area contributed by atoms with Gasteiger partial charge in [0, 0.05) is 37.4 Å². The van der Waals surface area contributed by atoms with Gasteiger partial charge in [-0.05, 0) is 49.0 Å². The molecule has 1 aliphatic heterocycles. The minimum atomic E-state index is 0.266. The summed E-state index contributed by atoms with van der Waals surface area (Å²) in [7, 11) is 3.89. The number of imidazole rings is 1. The lowest BCUT2D eigenvalue weighted by molar-refractivity contribution is 0.0885. The Kier molecular flexibility index (Phi) is 5.25. The molecule has 1 aliphatic rings. The fourth-order valence-electron chi connectivity index (χ4n) is 4.10. The van der Waals surface area contributed by atoms with E-state index in [1.165, 1.54) is 5.01 Å². The number of likely N-dealkylation sites (N-methyl/N-ethyl adjacent to an activating group) is 1. The fraction of sp³-hybridized carbons (Fsp3) is 0.304. The van der Waals surface area contributed by atoms with Crippen LogP contribution in [0.1, 0.15) is 16.7 Å². The molecule has 1 atom stereocenters. The third-order valence-corrected chi connectivity index (χ3v) is 6.58. The van der Waals surface area contributed by atoms with E-state index >= 15 is 0 Å². The number of pyridine rings is 1. The van der Waals surface area contributed by atoms with Crippen LogP contribution in [0.15, 0.2) is 60.2 Å². The molecule has 6 nitrogen and oxygen atoms in total. The second-order valence-corrected chi connectivity index (χ2v) is 8.67. The molecule has 0 N–H and O–H groups in total. The average Bonchev–Trinajstić information content (AvgIpc) is 3.44. The minimum absolute atomic E-state index is 0.266. The highest BCUT2D eigenvalue weighted by Crippen LogP contribution is 2.28. The summed E-state index contributed by atoms with van der Waals surface area (Å²) >= 11 is 1.73. The molecule has 30 heavy (non-hydrogen) atoms. The summed E-state index contributed by atoms with van der Waals surface area (Å²) in [5, 5.41) is 3.22. The largest absolute Gasteiger partial charge is 0.497 e. The fourth-order valence-corrected chi connectivity index (χ4v) is 4.76. The van der Waals surface area contributed by atoms with Gasteiger partial charge in [-0.3, -0.25) is 14.2 Å². The maximum Gasteiger partial charge on any atom is 0.137 e. The van der Waals surface area contributed by atoms with Gasteiger partial charge in [0.25, 0.3) is 0 Å². The van der Waals surface area contributed by atoms with E-state index in [1.807, 2.05) is 23.7 Å². The first-order valence-electron chi connectivity index (χ1n) is 10.1. The number of nitrogens with zero attached hydrogens (tertiary/aromatic N) is 5. The predicted molar refractivity (Wildman–Crippen MR) is 120 cm³/mol. The molecule has 0 saturated carbocycles. The number of aromatic nitrogens is 3. The molecule has 4 heterocycles. The van der Waals surface area contributed by atoms with Crippen molar-refractivity contribution in [1.29, 1.82) is 0 Å². The zero-order valence-electron chi connectivity index (χ0n) is 17.2. The predicted octanol–water partition coefficient (Wildman–Crippen LogP) is 3.96. The monoisotopic (exact) mass is 419 g/mol. The summed E-state index contributed by atoms with van der Waals surface area (Å²) in [5.41, 5.74) is 4.37. The third kappa shape index (κ3) is 3.71. The Morgan fingerprint density at radius 1 is 1.13 bits per heavy atom. The molecule has 1 saturated heterocycles. The number of piperazine rings is 1. The van der Waals surface area contributed by atoms with Crippen LogP contribution < -0.4 is 4.74 Å². The molecular weight excluding hydrogens is 394 g/mol. The SMILES string of the molecule is COc1ccc(-c2cccc3nc([C@@H]4CN(Cc5nccs5)CCN4C)cn23)cc1. The van der Waals surface area contributed by atoms with Gasteiger partial charge in [-0.2, -0.15) is 0 Å². The van der Waals surface area contributed by atoms with Crippen molar-refractivity contribution in [3.05, 3.63) is 70.9 Å². The molecule has 154 valence electrons. The molecule has 3 aromatic heterocycles. The van der Waals surface area contributed by atoms with Crippen molar-refractivity contribution in [3.63, 3.8) is 0 Å². The Hall–Kier alpha value is -2.74. The van der Waals surface area contributed by atoms with Gasteiger partial charge in [0.1, 0.15) is 16.4 Å². The first-order chi connectivity index (χ1) is 14.7. The van der Waals surface area contributed by atoms with Crippen molar-refractivity contribution >= 4 is 17.0 Å². The standard InChI is InChI=1S/C23H25N5OS/c1-26-11-12-27(16-23-24-10-13-30-23)15-21(26)19-14-28-20(4-3-5-22(28)25-19)17-6-8-18(29-2)9-7-17/h3-10,13-14,21H,11-12,15-16H2,1-2H3/t21-/m0/s1. The highest BCUT2D eigenvalue weighted by atomic mass is 32.1. The van der Waals surface area contributed by atoms with Crippen LogP contribution in [0.3, 0.4) is 0 Å². The van der Waals surface area contributed by atoms with Gasteiger partial charge in [-0.25, -0.2) is 9.97 Å². The van der Waals surface area contributed by atoms with Gasteiger partial charge in [-0.15, -0.1) is 11.3 Å². The summed E-state index contributed by atoms with van der Waals surface area (Å²) in [4.78, 5) is 14.3. The van der Waals surface area contributed by atoms with Crippen LogP contribution in [-0.2, 0) is 6.54 Å². The van der Waals surface area contributed by atoms with E-state index in [0.29, 0.717) is 0 Å². The van der Waals surface area contributed by atoms with Crippen molar-refractivity contribution in [2.45, 2.75) is 12.6 Å². The molecule has 0 amide bonds. The first-order valence-corrected chi connectivity index (χ1v) is 11.0. The van der Waals surface area contributed by atoms with Gasteiger partial charge in [0.2, 0.25) is 0 Å². The smallest absolute Gasteiger partial charge is 0.137 e. The van der Waals surface area contributed by atoms with E-state index in [-0.39, 0.29) is 6.04 Å². The molecule has 1 fully saturated rings. The van der Waals surface area contributed by atoms with Crippen molar-refractivity contribution in [2.75, 3.05) is 33.8 Å². The number of rotatable bonds is 5. The Bertz CT molecular complexity index is 1120. The van der Waals surface area contributed by atoms with Crippen LogP contribution in [0.4, 0.5) is 0 Å². The summed E-state index contributed by atoms with van der Waals surface area (Å²) in [6.07, 6.45) is 4.08. The zero-order valence-corrected chi connectivity index (χ0v) is 18.0. The zero-order chi connectivity index (χ0) is 20.5. The first kappa shape index (κ1) is 19.2. The highest BCUT2D eigenvalue weighted by Gasteiger charge is 2.28. The van der Waals surface area contributed by atoms with Gasteiger partial charge >= 0.3 is 0 Å². The van der Waals surface area contributed by atoms with E-state index in [2.05, 4.69) is 62.8 Å². The van der Waals surface area contributed by atoms with Crippen LogP contribution in [-0.4, -0.2) is 58.0 Å². The molecule has 0 unspecified atom stereocenters. The number of fused-ring (bicyclic) bond motifs is 1. The van der Waals surface area contributed by atoms with Crippen LogP contribution in [0.5, 0.6) is 5.75 Å². The van der Waals surface area contributed by atoms with Crippen LogP contribution >= 0.6 is 11.3 Å². The van der Waals surface area contributed by atoms with E-state index < -0.39 is 0 Å². The van der Waals surface area contributed by atoms with E-state index in [1.54, 1.807) is 18.4 Å². The average molecular weight is 420 g/mol. The summed E-state index contributed by atoms with van der Waals surface area (Å²) < 4.78 is 7.50. The second kappa shape index (κ2) is 8.18. The Morgan fingerprint density at radius 2 is 2.00 bits per heavy atom. The Labute approximate surface area is 180 Å². The van der Waals surface area contributed by atoms with E-state index in [9.17, 15) is 0 Å². The van der Waals surface area contributed by atoms with E-state index in [4.69, 9.17) is 9.72 Å². The van der Waals surface area contributed by atoms with E-state index in [0.717, 1.165) is 54.5 Å². The van der Waals surface area contributed by atoms with Gasteiger partial charge in [0.05, 0.1) is 31.1 Å². The van der Waals surface area contributed by atoms with Crippen molar-refractivity contribution in [3.8, 4) is 17.0 Å². The molecule has 1 aromatic carbocycles. The molecule has 0 bridgehead atoms. The lowest BCUT2D eigenvalue weighted by Gasteiger charge is -2.38. The third-order valence-electron chi connectivity index (χ3n) is 5.81. The lowest BCUT2D eigenvalue weighted by Crippen LogP contribution is -2.46. The van der Waals surface area contributed by atoms with Crippen molar-refractivity contribution < 1.29 is 4.74 Å². The molecule has 5 rings (SSSR count). The molecule has 0 spiro atoms. The normalized spacial score (nSPS) is 18.1. The number of methoxy groups -OCH3 is 1. The van der Waals surface area contributed by atoms with Crippen LogP contribution in [0, 0.1) is 0 Å². The Morgan fingerprint density at radius 3 is 2.77 bits per heavy atom. The van der Waals surface area contributed by atoms with Gasteiger partial charge < -0.3 is 4.74 Å². The minimum Gasteiger partial charge on any atom is -0.497 e. The van der Waals surface area contributed by atoms with Crippen LogP contribution in [0.2, 0.25) is 0 Å². The molecule has 4 aromatic rings. The summed E-state index contributed by atoms with van der Waals surface area (Å²) in [6, 6.07) is 14.7. The maximum absolute atomic E-state index is 5.30. The van der Waals surface area contributed by atoms with Crippen molar-refractivity contribution in [2.24, 2.45) is 0 Å². The number of thiazole rings is 1. The quantitative estimate of drug-likeness (QED) is 0.490. The topological polar surface area (TPSA) is 45.9 Å². The summed E-state index contributed by atoms with van der Waals surface area (Å²) in [5.74, 6) is 0.862. The van der Waals surface area contributed by atoms with Crippen LogP contribution in [0.25, 0.3) is 16.9 Å². The van der Waals surface area contributed by atoms with Gasteiger partial charge in [-0.1, -0.05) is 6.07 Å². The maximum atomic E-state index is 5.30. The molecule has 0 radical (unpaired) electrons. The Balaban J connectivity index is 1.45. The highest BCUT2D eigenvalue weighted by molar-refractivity contribution is 7.09. The molecule has 7 heteroatoms. The van der Waals surface area contributed by atoms with Gasteiger partial charge in [0.15, 0.2) is 0 Å². The lowest BCUT2D eigenvalue weighted by atomic mass is 10.1. The second-order valence-electron chi connectivity index (χ2n) is 7.69. The molecular formula is C23H25N5OS. The number of hydrogen-bond acceptors (Lipinski definition) is 6. The molecule has 0 aliphatic carbocycles. The number of ether oxygens (including phenoxy) is 1. The summed E-state index contributed by atoms with van der Waals surface area (Å²) in [6.45, 7) is 3.94. The number of hydrogen-bond donors (Lipinski definition) is 0. The van der Waals surface area contributed by atoms with Crippen molar-refractivity contribution in [1.82, 2.24) is 24.2 Å².